The van der Waals surface area contributed by atoms with Gasteiger partial charge in [-0.25, -0.2) is 4.79 Å². The minimum absolute atomic E-state index is 0.0728. The monoisotopic (exact) mass is 690 g/mol. The van der Waals surface area contributed by atoms with Crippen molar-refractivity contribution in [3.8, 4) is 5.75 Å². The van der Waals surface area contributed by atoms with E-state index < -0.39 is 11.1 Å². The van der Waals surface area contributed by atoms with Gasteiger partial charge in [-0.05, 0) is 66.0 Å². The fraction of sp³-hybridized carbons (Fsp3) is 0.345. The van der Waals surface area contributed by atoms with Crippen LogP contribution in [0.5, 0.6) is 5.75 Å². The number of ether oxygens (including phenoxy) is 2. The van der Waals surface area contributed by atoms with Crippen LogP contribution < -0.4 is 15.4 Å². The van der Waals surface area contributed by atoms with Gasteiger partial charge in [0.2, 0.25) is 0 Å². The zero-order valence-electron chi connectivity index (χ0n) is 24.1. The number of anilines is 1. The molecule has 2 aliphatic rings. The summed E-state index contributed by atoms with van der Waals surface area (Å²) in [5.74, 6) is 0.743. The summed E-state index contributed by atoms with van der Waals surface area (Å²) in [5, 5.41) is 5.87. The first-order valence-corrected chi connectivity index (χ1v) is 15.1. The lowest BCUT2D eigenvalue weighted by Gasteiger charge is -2.28. The molecule has 238 valence electrons. The van der Waals surface area contributed by atoms with E-state index in [0.717, 1.165) is 55.8 Å². The van der Waals surface area contributed by atoms with Crippen LogP contribution in [0, 0.1) is 0 Å². The highest BCUT2D eigenvalue weighted by Gasteiger charge is 2.32. The topological polar surface area (TPSA) is 118 Å². The number of carbonyl (C=O) groups is 2. The maximum atomic E-state index is 13.4. The number of fused-ring (bicyclic) bond motifs is 1. The number of aliphatic hydroxyl groups is 1. The Kier molecular flexibility index (Phi) is 12.9. The van der Waals surface area contributed by atoms with E-state index in [9.17, 15) is 23.5 Å². The minimum Gasteiger partial charge on any atom is -0.515 e. The Hall–Kier alpha value is -2.87. The number of nitrogens with zero attached hydrogens (tertiary/aromatic N) is 3. The molecule has 0 aliphatic carbocycles. The minimum atomic E-state index is -3.77. The second-order valence-electron chi connectivity index (χ2n) is 9.56. The van der Waals surface area contributed by atoms with Gasteiger partial charge in [0.25, 0.3) is 0 Å². The highest BCUT2D eigenvalue weighted by molar-refractivity contribution is 8.03. The van der Waals surface area contributed by atoms with Crippen LogP contribution in [0.25, 0.3) is 0 Å². The molecule has 9 nitrogen and oxygen atoms in total. The molecule has 44 heavy (non-hydrogen) atoms. The van der Waals surface area contributed by atoms with E-state index in [2.05, 4.69) is 23.0 Å². The number of carbonyl (C=O) groups excluding carboxylic acids is 2. The molecule has 1 saturated heterocycles. The summed E-state index contributed by atoms with van der Waals surface area (Å²) in [7, 11) is 4.84. The third-order valence-corrected chi connectivity index (χ3v) is 8.92. The van der Waals surface area contributed by atoms with E-state index in [4.69, 9.17) is 50.0 Å². The summed E-state index contributed by atoms with van der Waals surface area (Å²) in [6, 6.07) is 7.25. The average Bonchev–Trinajstić information content (AvgIpc) is 3.36. The van der Waals surface area contributed by atoms with E-state index in [1.165, 1.54) is 17.2 Å². The number of amides is 1. The number of thioether (sulfide) groups is 1. The van der Waals surface area contributed by atoms with Gasteiger partial charge in [0.05, 0.1) is 41.3 Å². The number of aliphatic hydroxyl groups excluding tert-OH is 1. The Labute approximate surface area is 273 Å². The Balaban J connectivity index is 0.000000248. The molecule has 0 aromatic heterocycles. The molecule has 2 aromatic rings. The van der Waals surface area contributed by atoms with Crippen molar-refractivity contribution in [1.29, 1.82) is 0 Å². The number of benzene rings is 2. The van der Waals surface area contributed by atoms with Crippen LogP contribution in [0.4, 0.5) is 19.3 Å². The molecular weight excluding hydrogens is 661 g/mol. The number of methoxy groups -OCH3 is 1. The SMILES string of the molecule is CN=C(/C=C(Sc1c(Cl)ccc(CN)c1Cl)\C(C=O)=C/O)C(F)(F)Cl.COc1cc2c(cc1N1CCCOC1=O)CN(C)C2. The smallest absolute Gasteiger partial charge is 0.414 e. The van der Waals surface area contributed by atoms with Crippen molar-refractivity contribution < 1.29 is 33.0 Å². The van der Waals surface area contributed by atoms with E-state index in [-0.39, 0.29) is 44.3 Å². The first-order chi connectivity index (χ1) is 20.9. The van der Waals surface area contributed by atoms with E-state index >= 15 is 0 Å². The Morgan fingerprint density at radius 3 is 2.50 bits per heavy atom. The molecule has 2 aromatic carbocycles. The van der Waals surface area contributed by atoms with Crippen LogP contribution in [0.15, 0.2) is 57.0 Å². The molecule has 0 unspecified atom stereocenters. The Morgan fingerprint density at radius 2 is 1.95 bits per heavy atom. The van der Waals surface area contributed by atoms with Crippen molar-refractivity contribution in [2.45, 2.75) is 36.3 Å². The quantitative estimate of drug-likeness (QED) is 0.0552. The first-order valence-electron chi connectivity index (χ1n) is 13.1. The van der Waals surface area contributed by atoms with E-state index in [1.54, 1.807) is 18.1 Å². The largest absolute Gasteiger partial charge is 0.515 e. The second-order valence-corrected chi connectivity index (χ2v) is 11.9. The predicted octanol–water partition coefficient (Wildman–Crippen LogP) is 6.96. The van der Waals surface area contributed by atoms with Gasteiger partial charge in [-0.2, -0.15) is 8.78 Å². The summed E-state index contributed by atoms with van der Waals surface area (Å²) in [5.41, 5.74) is 8.41. The highest BCUT2D eigenvalue weighted by Crippen LogP contribution is 2.42. The molecular formula is C29H31Cl3F2N4O5S. The molecule has 1 amide bonds. The van der Waals surface area contributed by atoms with Gasteiger partial charge in [-0.1, -0.05) is 41.0 Å². The first kappa shape index (κ1) is 35.6. The van der Waals surface area contributed by atoms with Crippen molar-refractivity contribution in [1.82, 2.24) is 4.90 Å². The lowest BCUT2D eigenvalue weighted by molar-refractivity contribution is -0.104. The van der Waals surface area contributed by atoms with Crippen molar-refractivity contribution >= 4 is 70.3 Å². The van der Waals surface area contributed by atoms with Gasteiger partial charge in [-0.3, -0.25) is 19.6 Å². The molecule has 0 atom stereocenters. The number of allylic oxidation sites excluding steroid dienone is 2. The van der Waals surface area contributed by atoms with Crippen LogP contribution in [0.3, 0.4) is 0 Å². The summed E-state index contributed by atoms with van der Waals surface area (Å²) >= 11 is 18.1. The molecule has 15 heteroatoms. The number of nitrogens with two attached hydrogens (primary N) is 1. The molecule has 0 saturated carbocycles. The average molecular weight is 692 g/mol. The summed E-state index contributed by atoms with van der Waals surface area (Å²) < 4.78 is 37.3. The number of aliphatic imine (C=N–C) groups is 1. The number of rotatable bonds is 9. The van der Waals surface area contributed by atoms with Crippen molar-refractivity contribution in [2.24, 2.45) is 10.7 Å². The van der Waals surface area contributed by atoms with E-state index in [1.807, 2.05) is 6.07 Å². The zero-order chi connectivity index (χ0) is 32.6. The normalized spacial score (nSPS) is 16.2. The van der Waals surface area contributed by atoms with Crippen molar-refractivity contribution in [3.05, 3.63) is 73.8 Å². The molecule has 0 spiro atoms. The van der Waals surface area contributed by atoms with Crippen molar-refractivity contribution in [2.75, 3.05) is 39.3 Å². The molecule has 4 rings (SSSR count). The van der Waals surface area contributed by atoms with Gasteiger partial charge in [0, 0.05) is 43.0 Å². The summed E-state index contributed by atoms with van der Waals surface area (Å²) in [6.07, 6.45) is 2.20. The van der Waals surface area contributed by atoms with Gasteiger partial charge >= 0.3 is 11.5 Å². The number of halogens is 5. The summed E-state index contributed by atoms with van der Waals surface area (Å²) in [4.78, 5) is 30.5. The van der Waals surface area contributed by atoms with Crippen LogP contribution in [-0.2, 0) is 29.2 Å². The second kappa shape index (κ2) is 15.9. The Morgan fingerprint density at radius 1 is 1.27 bits per heavy atom. The predicted molar refractivity (Wildman–Crippen MR) is 171 cm³/mol. The van der Waals surface area contributed by atoms with Crippen LogP contribution in [-0.4, -0.2) is 67.8 Å². The number of alkyl halides is 3. The maximum Gasteiger partial charge on any atom is 0.414 e. The lowest BCUT2D eigenvalue weighted by atomic mass is 10.1. The van der Waals surface area contributed by atoms with E-state index in [0.29, 0.717) is 25.0 Å². The van der Waals surface area contributed by atoms with Crippen LogP contribution in [0.2, 0.25) is 10.0 Å². The molecule has 0 radical (unpaired) electrons. The summed E-state index contributed by atoms with van der Waals surface area (Å²) in [6.45, 7) is 3.15. The third kappa shape index (κ3) is 8.64. The molecule has 1 fully saturated rings. The Bertz CT molecular complexity index is 1480. The standard InChI is InChI=1S/C15H13Cl3F2N2O2S.C14H18N2O3/c1-22-12(15(18,19)20)4-11(9(6-23)7-24)25-14-10(16)3-2-8(5-21)13(14)17;1-15-8-10-6-12(13(18-2)7-11(10)9-15)16-4-3-5-19-14(16)17/h2-4,6-7,23H,5,21H2,1H3;6-7H,3-5,8-9H2,1-2H3/b9-6-,11-4+,22-12?;. The number of hydrogen-bond acceptors (Lipinski definition) is 9. The van der Waals surface area contributed by atoms with Gasteiger partial charge in [-0.15, -0.1) is 0 Å². The number of hydrogen-bond donors (Lipinski definition) is 2. The van der Waals surface area contributed by atoms with Crippen molar-refractivity contribution in [3.63, 3.8) is 0 Å². The third-order valence-electron chi connectivity index (χ3n) is 6.56. The number of cyclic esters (lactones) is 1. The molecule has 3 N–H and O–H groups in total. The molecule has 2 aliphatic heterocycles. The highest BCUT2D eigenvalue weighted by atomic mass is 35.5. The van der Waals surface area contributed by atoms with Gasteiger partial charge in [0.1, 0.15) is 11.5 Å². The fourth-order valence-corrected chi connectivity index (χ4v) is 6.20. The number of aldehydes is 1. The van der Waals surface area contributed by atoms with Crippen LogP contribution in [0.1, 0.15) is 23.1 Å². The zero-order valence-corrected chi connectivity index (χ0v) is 27.2. The fourth-order valence-electron chi connectivity index (χ4n) is 4.39. The molecule has 2 heterocycles. The maximum absolute atomic E-state index is 13.4. The van der Waals surface area contributed by atoms with Gasteiger partial charge in [0.15, 0.2) is 6.29 Å². The van der Waals surface area contributed by atoms with Gasteiger partial charge < -0.3 is 20.3 Å². The van der Waals surface area contributed by atoms with Crippen LogP contribution >= 0.6 is 46.6 Å². The lowest BCUT2D eigenvalue weighted by Crippen LogP contribution is -2.38. The molecule has 0 bridgehead atoms.